The van der Waals surface area contributed by atoms with Gasteiger partial charge in [0, 0.05) is 36.9 Å². The van der Waals surface area contributed by atoms with Gasteiger partial charge in [-0.1, -0.05) is 29.3 Å². The van der Waals surface area contributed by atoms with Crippen LogP contribution in [0.5, 0.6) is 0 Å². The molecule has 154 valence electrons. The summed E-state index contributed by atoms with van der Waals surface area (Å²) in [6.45, 7) is 5.92. The molecule has 1 aliphatic heterocycles. The Morgan fingerprint density at radius 2 is 1.93 bits per heavy atom. The summed E-state index contributed by atoms with van der Waals surface area (Å²) in [5.41, 5.74) is 2.86. The highest BCUT2D eigenvalue weighted by atomic mass is 35.5. The highest BCUT2D eigenvalue weighted by molar-refractivity contribution is 6.31. The van der Waals surface area contributed by atoms with Gasteiger partial charge in [0.1, 0.15) is 0 Å². The first-order chi connectivity index (χ1) is 13.8. The van der Waals surface area contributed by atoms with Gasteiger partial charge < -0.3 is 4.90 Å². The van der Waals surface area contributed by atoms with E-state index in [-0.39, 0.29) is 11.8 Å². The molecule has 1 saturated heterocycles. The fourth-order valence-corrected chi connectivity index (χ4v) is 4.94. The largest absolute Gasteiger partial charge is 0.344 e. The number of rotatable bonds is 4. The van der Waals surface area contributed by atoms with Crippen molar-refractivity contribution in [2.45, 2.75) is 39.3 Å². The number of Topliss-reactive ketones (excluding diaryl/α,β-unsaturated/α-hetero) is 1. The van der Waals surface area contributed by atoms with Gasteiger partial charge in [-0.25, -0.2) is 4.79 Å². The molecule has 0 spiro atoms. The maximum atomic E-state index is 12.7. The summed E-state index contributed by atoms with van der Waals surface area (Å²) in [5.74, 6) is 0.950. The zero-order chi connectivity index (χ0) is 20.7. The van der Waals surface area contributed by atoms with Gasteiger partial charge in [-0.05, 0) is 57.2 Å². The second kappa shape index (κ2) is 7.92. The van der Waals surface area contributed by atoms with Crippen molar-refractivity contribution in [3.05, 3.63) is 52.3 Å². The molecule has 1 amide bonds. The number of aryl methyl sites for hydroxylation is 1. The summed E-state index contributed by atoms with van der Waals surface area (Å²) < 4.78 is 1.29. The molecule has 1 aromatic heterocycles. The molecule has 2 aromatic rings. The van der Waals surface area contributed by atoms with Crippen LogP contribution in [0.3, 0.4) is 0 Å². The first-order valence-electron chi connectivity index (χ1n) is 10.1. The first-order valence-corrected chi connectivity index (χ1v) is 10.5. The molecule has 1 aromatic carbocycles. The van der Waals surface area contributed by atoms with Crippen LogP contribution in [0.2, 0.25) is 5.02 Å². The van der Waals surface area contributed by atoms with Crippen LogP contribution in [-0.2, 0) is 6.54 Å². The summed E-state index contributed by atoms with van der Waals surface area (Å²) in [5, 5.41) is 4.89. The molecule has 0 N–H and O–H groups in total. The zero-order valence-electron chi connectivity index (χ0n) is 17.1. The van der Waals surface area contributed by atoms with Crippen LogP contribution < -0.4 is 0 Å². The van der Waals surface area contributed by atoms with Crippen molar-refractivity contribution in [1.82, 2.24) is 19.6 Å². The molecule has 1 saturated carbocycles. The number of halogens is 1. The quantitative estimate of drug-likeness (QED) is 0.713. The standard InChI is InChI=1S/C22H27ClN4O2/c1-14-4-5-21(23)18(6-14)10-25(3)20-7-16-11-26(12-17(16)8-20)22(29)27-13-19(9-24-27)15(2)28/h4-6,9,13,16-17,20H,7-8,10-12H2,1-3H3/t16-,17+,20?. The van der Waals surface area contributed by atoms with Crippen molar-refractivity contribution < 1.29 is 9.59 Å². The first kappa shape index (κ1) is 20.1. The van der Waals surface area contributed by atoms with Crippen LogP contribution >= 0.6 is 11.6 Å². The Bertz CT molecular complexity index is 927. The van der Waals surface area contributed by atoms with E-state index in [1.165, 1.54) is 35.1 Å². The Labute approximate surface area is 176 Å². The third-order valence-electron chi connectivity index (χ3n) is 6.43. The summed E-state index contributed by atoms with van der Waals surface area (Å²) >= 11 is 6.38. The van der Waals surface area contributed by atoms with E-state index < -0.39 is 0 Å². The number of carbonyl (C=O) groups excluding carboxylic acids is 2. The maximum absolute atomic E-state index is 12.7. The van der Waals surface area contributed by atoms with E-state index in [4.69, 9.17) is 11.6 Å². The smallest absolute Gasteiger partial charge is 0.322 e. The summed E-state index contributed by atoms with van der Waals surface area (Å²) in [6, 6.07) is 6.54. The lowest BCUT2D eigenvalue weighted by Crippen LogP contribution is -2.36. The lowest BCUT2D eigenvalue weighted by molar-refractivity contribution is 0.101. The second-order valence-electron chi connectivity index (χ2n) is 8.57. The van der Waals surface area contributed by atoms with E-state index in [0.717, 1.165) is 37.5 Å². The molecule has 2 fully saturated rings. The maximum Gasteiger partial charge on any atom is 0.344 e. The minimum Gasteiger partial charge on any atom is -0.322 e. The van der Waals surface area contributed by atoms with Gasteiger partial charge in [-0.15, -0.1) is 0 Å². The number of benzene rings is 1. The predicted octanol–water partition coefficient (Wildman–Crippen LogP) is 3.86. The Morgan fingerprint density at radius 3 is 2.55 bits per heavy atom. The van der Waals surface area contributed by atoms with Crippen LogP contribution in [0.1, 0.15) is 41.3 Å². The molecule has 6 nitrogen and oxygen atoms in total. The zero-order valence-corrected chi connectivity index (χ0v) is 17.9. The number of likely N-dealkylation sites (tertiary alicyclic amines) is 1. The number of amides is 1. The van der Waals surface area contributed by atoms with Crippen LogP contribution in [0.15, 0.2) is 30.6 Å². The molecule has 0 radical (unpaired) electrons. The molecule has 2 aliphatic rings. The molecular formula is C22H27ClN4O2. The lowest BCUT2D eigenvalue weighted by Gasteiger charge is -2.27. The predicted molar refractivity (Wildman–Crippen MR) is 112 cm³/mol. The number of carbonyl (C=O) groups is 2. The van der Waals surface area contributed by atoms with E-state index in [9.17, 15) is 9.59 Å². The Hall–Kier alpha value is -2.18. The van der Waals surface area contributed by atoms with Crippen molar-refractivity contribution in [2.75, 3.05) is 20.1 Å². The van der Waals surface area contributed by atoms with E-state index in [0.29, 0.717) is 23.4 Å². The monoisotopic (exact) mass is 414 g/mol. The fourth-order valence-electron chi connectivity index (χ4n) is 4.76. The van der Waals surface area contributed by atoms with Gasteiger partial charge in [0.25, 0.3) is 0 Å². The van der Waals surface area contributed by atoms with Gasteiger partial charge in [-0.3, -0.25) is 9.69 Å². The number of nitrogens with zero attached hydrogens (tertiary/aromatic N) is 4. The SMILES string of the molecule is CC(=O)c1cnn(C(=O)N2C[C@H]3CC(N(C)Cc4cc(C)ccc4Cl)C[C@H]3C2)c1. The van der Waals surface area contributed by atoms with Gasteiger partial charge in [0.15, 0.2) is 5.78 Å². The number of ketones is 1. The average Bonchev–Trinajstić information content (AvgIpc) is 3.38. The van der Waals surface area contributed by atoms with Crippen LogP contribution in [0.25, 0.3) is 0 Å². The highest BCUT2D eigenvalue weighted by Gasteiger charge is 2.43. The summed E-state index contributed by atoms with van der Waals surface area (Å²) in [4.78, 5) is 28.4. The Balaban J connectivity index is 1.35. The minimum absolute atomic E-state index is 0.0815. The summed E-state index contributed by atoms with van der Waals surface area (Å²) in [7, 11) is 2.17. The van der Waals surface area contributed by atoms with E-state index in [1.807, 2.05) is 17.0 Å². The second-order valence-corrected chi connectivity index (χ2v) is 8.98. The third-order valence-corrected chi connectivity index (χ3v) is 6.79. The van der Waals surface area contributed by atoms with E-state index >= 15 is 0 Å². The molecule has 7 heteroatoms. The number of hydrogen-bond donors (Lipinski definition) is 0. The van der Waals surface area contributed by atoms with Gasteiger partial charge in [0.05, 0.1) is 11.8 Å². The fraction of sp³-hybridized carbons (Fsp3) is 0.500. The van der Waals surface area contributed by atoms with Gasteiger partial charge in [0.2, 0.25) is 0 Å². The molecule has 3 atom stereocenters. The minimum atomic E-state index is -0.136. The number of aromatic nitrogens is 2. The van der Waals surface area contributed by atoms with Crippen LogP contribution in [0, 0.1) is 18.8 Å². The topological polar surface area (TPSA) is 58.4 Å². The average molecular weight is 415 g/mol. The molecule has 0 bridgehead atoms. The van der Waals surface area contributed by atoms with Crippen molar-refractivity contribution in [2.24, 2.45) is 11.8 Å². The van der Waals surface area contributed by atoms with Crippen molar-refractivity contribution in [1.29, 1.82) is 0 Å². The normalized spacial score (nSPS) is 23.6. The third kappa shape index (κ3) is 4.09. The molecule has 1 unspecified atom stereocenters. The van der Waals surface area contributed by atoms with Crippen molar-refractivity contribution in [3.63, 3.8) is 0 Å². The molecule has 1 aliphatic carbocycles. The van der Waals surface area contributed by atoms with Crippen molar-refractivity contribution >= 4 is 23.4 Å². The van der Waals surface area contributed by atoms with Crippen molar-refractivity contribution in [3.8, 4) is 0 Å². The number of hydrogen-bond acceptors (Lipinski definition) is 4. The molecule has 29 heavy (non-hydrogen) atoms. The van der Waals surface area contributed by atoms with Crippen LogP contribution in [-0.4, -0.2) is 57.6 Å². The van der Waals surface area contributed by atoms with E-state index in [1.54, 1.807) is 0 Å². The highest BCUT2D eigenvalue weighted by Crippen LogP contribution is 2.40. The van der Waals surface area contributed by atoms with Crippen LogP contribution in [0.4, 0.5) is 4.79 Å². The van der Waals surface area contributed by atoms with E-state index in [2.05, 4.69) is 30.0 Å². The van der Waals surface area contributed by atoms with Gasteiger partial charge >= 0.3 is 6.03 Å². The molecular weight excluding hydrogens is 388 g/mol. The van der Waals surface area contributed by atoms with Gasteiger partial charge in [-0.2, -0.15) is 9.78 Å². The summed E-state index contributed by atoms with van der Waals surface area (Å²) in [6.07, 6.45) is 5.16. The lowest BCUT2D eigenvalue weighted by atomic mass is 10.0. The number of fused-ring (bicyclic) bond motifs is 1. The Kier molecular flexibility index (Phi) is 5.49. The molecule has 2 heterocycles. The Morgan fingerprint density at radius 1 is 1.24 bits per heavy atom. The molecule has 4 rings (SSSR count).